The first-order chi connectivity index (χ1) is 11.9. The molecule has 1 aromatic carbocycles. The Balaban J connectivity index is 1.39. The zero-order valence-electron chi connectivity index (χ0n) is 13.5. The molecule has 0 N–H and O–H groups in total. The van der Waals surface area contributed by atoms with Gasteiger partial charge in [0.1, 0.15) is 5.01 Å². The number of thiazole rings is 1. The van der Waals surface area contributed by atoms with Crippen LogP contribution in [0.1, 0.15) is 60.8 Å². The van der Waals surface area contributed by atoms with Gasteiger partial charge in [-0.05, 0) is 44.4 Å². The Labute approximate surface area is 144 Å². The van der Waals surface area contributed by atoms with Crippen molar-refractivity contribution >= 4 is 21.6 Å². The second-order valence-electron chi connectivity index (χ2n) is 6.82. The molecule has 1 aliphatic carbocycles. The lowest BCUT2D eigenvalue weighted by Crippen LogP contribution is -2.33. The van der Waals surface area contributed by atoms with Crippen molar-refractivity contribution in [3.8, 4) is 0 Å². The van der Waals surface area contributed by atoms with Gasteiger partial charge in [0, 0.05) is 5.92 Å². The number of nitrogens with zero attached hydrogens (tertiary/aromatic N) is 4. The van der Waals surface area contributed by atoms with E-state index in [0.29, 0.717) is 12.0 Å². The quantitative estimate of drug-likeness (QED) is 0.709. The van der Waals surface area contributed by atoms with Crippen molar-refractivity contribution in [3.05, 3.63) is 41.0 Å². The summed E-state index contributed by atoms with van der Waals surface area (Å²) in [5.41, 5.74) is 1.11. The Morgan fingerprint density at radius 1 is 1.12 bits per heavy atom. The number of fused-ring (bicyclic) bond motifs is 1. The molecule has 1 unspecified atom stereocenters. The standard InChI is InChI=1S/C18H20N4OS/c1-2-7-15-13(5-1)19-18(24-15)14-6-3-4-10-22(14)11-16-20-17(21-23-16)12-8-9-12/h1-2,5,7,12,14H,3-4,6,8-11H2. The highest BCUT2D eigenvalue weighted by atomic mass is 32.1. The van der Waals surface area contributed by atoms with Gasteiger partial charge in [-0.1, -0.05) is 23.7 Å². The minimum Gasteiger partial charge on any atom is -0.338 e. The molecule has 3 heterocycles. The van der Waals surface area contributed by atoms with E-state index in [9.17, 15) is 0 Å². The largest absolute Gasteiger partial charge is 0.338 e. The van der Waals surface area contributed by atoms with Crippen LogP contribution >= 0.6 is 11.3 Å². The minimum absolute atomic E-state index is 0.368. The van der Waals surface area contributed by atoms with E-state index in [1.54, 1.807) is 0 Å². The Morgan fingerprint density at radius 3 is 2.92 bits per heavy atom. The monoisotopic (exact) mass is 340 g/mol. The van der Waals surface area contributed by atoms with Gasteiger partial charge in [0.2, 0.25) is 5.89 Å². The fraction of sp³-hybridized carbons (Fsp3) is 0.500. The average molecular weight is 340 g/mol. The predicted molar refractivity (Wildman–Crippen MR) is 92.9 cm³/mol. The molecule has 0 amide bonds. The van der Waals surface area contributed by atoms with E-state index in [0.717, 1.165) is 36.7 Å². The average Bonchev–Trinajstić information content (AvgIpc) is 3.20. The highest BCUT2D eigenvalue weighted by molar-refractivity contribution is 7.18. The fourth-order valence-corrected chi connectivity index (χ4v) is 4.64. The molecule has 0 spiro atoms. The highest BCUT2D eigenvalue weighted by Crippen LogP contribution is 2.39. The van der Waals surface area contributed by atoms with E-state index < -0.39 is 0 Å². The van der Waals surface area contributed by atoms with E-state index in [-0.39, 0.29) is 0 Å². The summed E-state index contributed by atoms with van der Waals surface area (Å²) in [6.07, 6.45) is 6.05. The van der Waals surface area contributed by atoms with Gasteiger partial charge in [-0.2, -0.15) is 4.98 Å². The van der Waals surface area contributed by atoms with Gasteiger partial charge in [-0.3, -0.25) is 4.90 Å². The van der Waals surface area contributed by atoms with Crippen LogP contribution in [0.3, 0.4) is 0 Å². The maximum Gasteiger partial charge on any atom is 0.240 e. The number of para-hydroxylation sites is 1. The summed E-state index contributed by atoms with van der Waals surface area (Å²) < 4.78 is 6.76. The van der Waals surface area contributed by atoms with Crippen molar-refractivity contribution in [2.45, 2.75) is 50.6 Å². The first kappa shape index (κ1) is 14.5. The lowest BCUT2D eigenvalue weighted by molar-refractivity contribution is 0.124. The van der Waals surface area contributed by atoms with E-state index in [4.69, 9.17) is 9.51 Å². The van der Waals surface area contributed by atoms with Crippen LogP contribution in [0.2, 0.25) is 0 Å². The summed E-state index contributed by atoms with van der Waals surface area (Å²) in [4.78, 5) is 11.9. The van der Waals surface area contributed by atoms with Crippen LogP contribution in [-0.4, -0.2) is 26.6 Å². The number of benzene rings is 1. The molecular weight excluding hydrogens is 320 g/mol. The number of hydrogen-bond acceptors (Lipinski definition) is 6. The van der Waals surface area contributed by atoms with Crippen molar-refractivity contribution in [1.29, 1.82) is 0 Å². The van der Waals surface area contributed by atoms with Crippen LogP contribution in [0, 0.1) is 0 Å². The molecule has 0 bridgehead atoms. The van der Waals surface area contributed by atoms with Crippen molar-refractivity contribution in [2.75, 3.05) is 6.54 Å². The van der Waals surface area contributed by atoms with Crippen LogP contribution in [0.4, 0.5) is 0 Å². The third-order valence-corrected chi connectivity index (χ3v) is 6.11. The Bertz CT molecular complexity index is 820. The van der Waals surface area contributed by atoms with Gasteiger partial charge in [0.05, 0.1) is 22.8 Å². The van der Waals surface area contributed by atoms with Gasteiger partial charge in [0.25, 0.3) is 0 Å². The SMILES string of the molecule is c1ccc2sc(C3CCCCN3Cc3nc(C4CC4)no3)nc2c1. The van der Waals surface area contributed by atoms with E-state index >= 15 is 0 Å². The summed E-state index contributed by atoms with van der Waals surface area (Å²) in [6, 6.07) is 8.77. The fourth-order valence-electron chi connectivity index (χ4n) is 3.51. The maximum atomic E-state index is 5.49. The van der Waals surface area contributed by atoms with E-state index in [2.05, 4.69) is 39.3 Å². The molecule has 2 aromatic heterocycles. The van der Waals surface area contributed by atoms with Crippen LogP contribution < -0.4 is 0 Å². The molecule has 1 saturated heterocycles. The lowest BCUT2D eigenvalue weighted by atomic mass is 10.0. The molecule has 2 aliphatic rings. The maximum absolute atomic E-state index is 5.49. The number of likely N-dealkylation sites (tertiary alicyclic amines) is 1. The molecule has 2 fully saturated rings. The zero-order valence-corrected chi connectivity index (χ0v) is 14.3. The molecule has 6 heteroatoms. The molecule has 1 aliphatic heterocycles. The summed E-state index contributed by atoms with van der Waals surface area (Å²) in [7, 11) is 0. The molecule has 24 heavy (non-hydrogen) atoms. The number of hydrogen-bond donors (Lipinski definition) is 0. The molecular formula is C18H20N4OS. The third kappa shape index (κ3) is 2.74. The van der Waals surface area contributed by atoms with Gasteiger partial charge < -0.3 is 4.52 Å². The predicted octanol–water partition coefficient (Wildman–Crippen LogP) is 4.28. The smallest absolute Gasteiger partial charge is 0.240 e. The van der Waals surface area contributed by atoms with E-state index in [1.807, 2.05) is 11.3 Å². The lowest BCUT2D eigenvalue weighted by Gasteiger charge is -2.33. The summed E-state index contributed by atoms with van der Waals surface area (Å²) in [5.74, 6) is 2.20. The second-order valence-corrected chi connectivity index (χ2v) is 7.88. The minimum atomic E-state index is 0.368. The van der Waals surface area contributed by atoms with Gasteiger partial charge in [-0.15, -0.1) is 11.3 Å². The van der Waals surface area contributed by atoms with Crippen molar-refractivity contribution < 1.29 is 4.52 Å². The molecule has 0 radical (unpaired) electrons. The Morgan fingerprint density at radius 2 is 2.04 bits per heavy atom. The van der Waals surface area contributed by atoms with Crippen molar-refractivity contribution in [1.82, 2.24) is 20.0 Å². The van der Waals surface area contributed by atoms with Gasteiger partial charge in [-0.25, -0.2) is 4.98 Å². The molecule has 5 nitrogen and oxygen atoms in total. The van der Waals surface area contributed by atoms with Crippen LogP contribution in [0.25, 0.3) is 10.2 Å². The number of rotatable bonds is 4. The van der Waals surface area contributed by atoms with Crippen LogP contribution in [-0.2, 0) is 6.54 Å². The highest BCUT2D eigenvalue weighted by Gasteiger charge is 2.31. The molecule has 124 valence electrons. The first-order valence-electron chi connectivity index (χ1n) is 8.79. The van der Waals surface area contributed by atoms with Crippen molar-refractivity contribution in [2.24, 2.45) is 0 Å². The normalized spacial score (nSPS) is 22.2. The van der Waals surface area contributed by atoms with Crippen LogP contribution in [0.15, 0.2) is 28.8 Å². The van der Waals surface area contributed by atoms with Crippen LogP contribution in [0.5, 0.6) is 0 Å². The molecule has 1 saturated carbocycles. The first-order valence-corrected chi connectivity index (χ1v) is 9.60. The summed E-state index contributed by atoms with van der Waals surface area (Å²) >= 11 is 1.82. The Hall–Kier alpha value is -1.79. The Kier molecular flexibility index (Phi) is 3.60. The number of aromatic nitrogens is 3. The zero-order chi connectivity index (χ0) is 15.9. The van der Waals surface area contributed by atoms with Crippen molar-refractivity contribution in [3.63, 3.8) is 0 Å². The number of piperidine rings is 1. The molecule has 3 aromatic rings. The third-order valence-electron chi connectivity index (χ3n) is 4.97. The second kappa shape index (κ2) is 5.93. The summed E-state index contributed by atoms with van der Waals surface area (Å²) in [6.45, 7) is 1.81. The summed E-state index contributed by atoms with van der Waals surface area (Å²) in [5, 5.41) is 5.37. The van der Waals surface area contributed by atoms with Gasteiger partial charge in [0.15, 0.2) is 5.82 Å². The molecule has 5 rings (SSSR count). The topological polar surface area (TPSA) is 55.1 Å². The molecule has 1 atom stereocenters. The van der Waals surface area contributed by atoms with Gasteiger partial charge >= 0.3 is 0 Å². The van der Waals surface area contributed by atoms with E-state index in [1.165, 1.54) is 35.4 Å².